The van der Waals surface area contributed by atoms with Gasteiger partial charge in [0.05, 0.1) is 9.21 Å². The molecule has 6 heteroatoms. The van der Waals surface area contributed by atoms with E-state index in [0.29, 0.717) is 11.8 Å². The highest BCUT2D eigenvalue weighted by Gasteiger charge is 2.13. The largest absolute Gasteiger partial charge is 0.324 e. The molecule has 0 spiro atoms. The summed E-state index contributed by atoms with van der Waals surface area (Å²) in [5.41, 5.74) is 2.16. The summed E-state index contributed by atoms with van der Waals surface area (Å²) in [6, 6.07) is 11.9. The Hall–Kier alpha value is -1.98. The SMILES string of the molecule is Cc1ccc(Nc2nc(-c3ccc(Cl)s3)nc(C(C)C)n2)cc1. The van der Waals surface area contributed by atoms with Crippen LogP contribution < -0.4 is 5.32 Å². The summed E-state index contributed by atoms with van der Waals surface area (Å²) in [5.74, 6) is 2.17. The number of hydrogen-bond donors (Lipinski definition) is 1. The smallest absolute Gasteiger partial charge is 0.231 e. The van der Waals surface area contributed by atoms with Gasteiger partial charge >= 0.3 is 0 Å². The van der Waals surface area contributed by atoms with Crippen molar-refractivity contribution in [3.63, 3.8) is 0 Å². The summed E-state index contributed by atoms with van der Waals surface area (Å²) in [6.07, 6.45) is 0. The van der Waals surface area contributed by atoms with Crippen LogP contribution in [0.3, 0.4) is 0 Å². The van der Waals surface area contributed by atoms with E-state index in [1.807, 2.05) is 36.4 Å². The lowest BCUT2D eigenvalue weighted by Gasteiger charge is -2.10. The van der Waals surface area contributed by atoms with Crippen molar-refractivity contribution >= 4 is 34.6 Å². The van der Waals surface area contributed by atoms with Gasteiger partial charge in [-0.25, -0.2) is 4.98 Å². The van der Waals surface area contributed by atoms with E-state index in [-0.39, 0.29) is 5.92 Å². The third-order valence-electron chi connectivity index (χ3n) is 3.27. The Bertz CT molecular complexity index is 812. The summed E-state index contributed by atoms with van der Waals surface area (Å²) in [7, 11) is 0. The first-order valence-corrected chi connectivity index (χ1v) is 8.56. The molecular weight excluding hydrogens is 328 g/mol. The Kier molecular flexibility index (Phi) is 4.59. The highest BCUT2D eigenvalue weighted by molar-refractivity contribution is 7.19. The molecule has 3 aromatic rings. The minimum absolute atomic E-state index is 0.214. The zero-order valence-electron chi connectivity index (χ0n) is 13.2. The lowest BCUT2D eigenvalue weighted by molar-refractivity contribution is 0.767. The van der Waals surface area contributed by atoms with Crippen LogP contribution >= 0.6 is 22.9 Å². The molecule has 1 aromatic carbocycles. The molecule has 1 N–H and O–H groups in total. The summed E-state index contributed by atoms with van der Waals surface area (Å²) < 4.78 is 0.722. The number of rotatable bonds is 4. The van der Waals surface area contributed by atoms with Gasteiger partial charge in [-0.3, -0.25) is 0 Å². The van der Waals surface area contributed by atoms with Crippen molar-refractivity contribution < 1.29 is 0 Å². The molecule has 0 aliphatic rings. The topological polar surface area (TPSA) is 50.7 Å². The molecule has 3 rings (SSSR count). The van der Waals surface area contributed by atoms with Gasteiger partial charge in [0, 0.05) is 11.6 Å². The molecule has 0 saturated carbocycles. The first kappa shape index (κ1) is 15.9. The van der Waals surface area contributed by atoms with Gasteiger partial charge in [-0.05, 0) is 31.2 Å². The average Bonchev–Trinajstić information content (AvgIpc) is 2.96. The quantitative estimate of drug-likeness (QED) is 0.685. The van der Waals surface area contributed by atoms with Gasteiger partial charge in [-0.1, -0.05) is 43.1 Å². The Labute approximate surface area is 144 Å². The number of aromatic nitrogens is 3. The number of nitrogens with one attached hydrogen (secondary N) is 1. The maximum absolute atomic E-state index is 6.03. The standard InChI is InChI=1S/C17H17ClN4S/c1-10(2)15-20-16(13-8-9-14(18)23-13)22-17(21-15)19-12-6-4-11(3)5-7-12/h4-10H,1-3H3,(H,19,20,21,22). The Morgan fingerprint density at radius 2 is 1.74 bits per heavy atom. The first-order valence-electron chi connectivity index (χ1n) is 7.36. The second-order valence-corrected chi connectivity index (χ2v) is 7.31. The normalized spacial score (nSPS) is 11.0. The molecule has 0 saturated heterocycles. The Morgan fingerprint density at radius 3 is 2.35 bits per heavy atom. The lowest BCUT2D eigenvalue weighted by Crippen LogP contribution is -2.06. The van der Waals surface area contributed by atoms with E-state index < -0.39 is 0 Å². The molecule has 0 amide bonds. The maximum atomic E-state index is 6.03. The fraction of sp³-hybridized carbons (Fsp3) is 0.235. The van der Waals surface area contributed by atoms with E-state index >= 15 is 0 Å². The molecule has 2 heterocycles. The number of aryl methyl sites for hydroxylation is 1. The fourth-order valence-electron chi connectivity index (χ4n) is 2.02. The van der Waals surface area contributed by atoms with Crippen molar-refractivity contribution in [2.75, 3.05) is 5.32 Å². The van der Waals surface area contributed by atoms with E-state index in [2.05, 4.69) is 41.0 Å². The second-order valence-electron chi connectivity index (χ2n) is 5.59. The number of hydrogen-bond acceptors (Lipinski definition) is 5. The molecule has 0 aliphatic carbocycles. The van der Waals surface area contributed by atoms with Crippen LogP contribution in [0.25, 0.3) is 10.7 Å². The predicted molar refractivity (Wildman–Crippen MR) is 96.7 cm³/mol. The minimum atomic E-state index is 0.214. The summed E-state index contributed by atoms with van der Waals surface area (Å²) in [6.45, 7) is 6.19. The first-order chi connectivity index (χ1) is 11.0. The fourth-order valence-corrected chi connectivity index (χ4v) is 2.99. The number of benzene rings is 1. The number of anilines is 2. The van der Waals surface area contributed by atoms with Crippen LogP contribution in [0.15, 0.2) is 36.4 Å². The van der Waals surface area contributed by atoms with Gasteiger partial charge in [0.15, 0.2) is 5.82 Å². The highest BCUT2D eigenvalue weighted by atomic mass is 35.5. The maximum Gasteiger partial charge on any atom is 0.231 e. The Morgan fingerprint density at radius 1 is 1.00 bits per heavy atom. The van der Waals surface area contributed by atoms with Crippen molar-refractivity contribution in [1.29, 1.82) is 0 Å². The highest BCUT2D eigenvalue weighted by Crippen LogP contribution is 2.30. The molecule has 0 fully saturated rings. The van der Waals surface area contributed by atoms with Crippen LogP contribution in [-0.4, -0.2) is 15.0 Å². The van der Waals surface area contributed by atoms with Crippen LogP contribution in [0.1, 0.15) is 31.2 Å². The van der Waals surface area contributed by atoms with Gasteiger partial charge in [0.2, 0.25) is 5.95 Å². The van der Waals surface area contributed by atoms with Gasteiger partial charge in [-0.15, -0.1) is 11.3 Å². The van der Waals surface area contributed by atoms with E-state index in [4.69, 9.17) is 11.6 Å². The van der Waals surface area contributed by atoms with Crippen LogP contribution in [0, 0.1) is 6.92 Å². The van der Waals surface area contributed by atoms with E-state index in [1.165, 1.54) is 16.9 Å². The average molecular weight is 345 g/mol. The van der Waals surface area contributed by atoms with E-state index in [0.717, 1.165) is 20.7 Å². The van der Waals surface area contributed by atoms with Gasteiger partial charge in [0.1, 0.15) is 5.82 Å². The molecule has 0 unspecified atom stereocenters. The van der Waals surface area contributed by atoms with Crippen molar-refractivity contribution in [3.05, 3.63) is 52.1 Å². The zero-order chi connectivity index (χ0) is 16.4. The summed E-state index contributed by atoms with van der Waals surface area (Å²) in [4.78, 5) is 14.6. The molecule has 0 atom stereocenters. The van der Waals surface area contributed by atoms with Crippen LogP contribution in [0.5, 0.6) is 0 Å². The van der Waals surface area contributed by atoms with Crippen LogP contribution in [0.2, 0.25) is 4.34 Å². The number of thiophene rings is 1. The molecule has 0 aliphatic heterocycles. The zero-order valence-corrected chi connectivity index (χ0v) is 14.7. The third-order valence-corrected chi connectivity index (χ3v) is 4.50. The number of halogens is 1. The van der Waals surface area contributed by atoms with Crippen molar-refractivity contribution in [3.8, 4) is 10.7 Å². The molecule has 0 radical (unpaired) electrons. The summed E-state index contributed by atoms with van der Waals surface area (Å²) >= 11 is 7.49. The molecule has 2 aromatic heterocycles. The molecule has 118 valence electrons. The lowest BCUT2D eigenvalue weighted by atomic mass is 10.2. The van der Waals surface area contributed by atoms with Crippen molar-refractivity contribution in [1.82, 2.24) is 15.0 Å². The van der Waals surface area contributed by atoms with Crippen molar-refractivity contribution in [2.24, 2.45) is 0 Å². The Balaban J connectivity index is 1.98. The van der Waals surface area contributed by atoms with Gasteiger partial charge in [0.25, 0.3) is 0 Å². The molecule has 4 nitrogen and oxygen atoms in total. The summed E-state index contributed by atoms with van der Waals surface area (Å²) in [5, 5.41) is 3.25. The van der Waals surface area contributed by atoms with E-state index in [1.54, 1.807) is 0 Å². The van der Waals surface area contributed by atoms with Crippen molar-refractivity contribution in [2.45, 2.75) is 26.7 Å². The van der Waals surface area contributed by atoms with Crippen LogP contribution in [-0.2, 0) is 0 Å². The molecule has 23 heavy (non-hydrogen) atoms. The predicted octanol–water partition coefficient (Wildman–Crippen LogP) is 5.43. The third kappa shape index (κ3) is 3.86. The monoisotopic (exact) mass is 344 g/mol. The van der Waals surface area contributed by atoms with Gasteiger partial charge < -0.3 is 5.32 Å². The molecule has 0 bridgehead atoms. The molecular formula is C17H17ClN4S. The number of nitrogens with zero attached hydrogens (tertiary/aromatic N) is 3. The van der Waals surface area contributed by atoms with Crippen LogP contribution in [0.4, 0.5) is 11.6 Å². The second kappa shape index (κ2) is 6.64. The van der Waals surface area contributed by atoms with E-state index in [9.17, 15) is 0 Å². The minimum Gasteiger partial charge on any atom is -0.324 e. The van der Waals surface area contributed by atoms with Gasteiger partial charge in [-0.2, -0.15) is 9.97 Å².